The van der Waals surface area contributed by atoms with Crippen LogP contribution in [0.3, 0.4) is 0 Å². The van der Waals surface area contributed by atoms with E-state index in [1.54, 1.807) is 19.5 Å². The van der Waals surface area contributed by atoms with E-state index < -0.39 is 0 Å². The Morgan fingerprint density at radius 2 is 2.10 bits per heavy atom. The SMILES string of the molecule is COc1ccc2c(CN3CCC[C@H]3c3cncc(Nc4ccccn4)n3)cn(C)c2c1. The van der Waals surface area contributed by atoms with Gasteiger partial charge in [0, 0.05) is 37.4 Å². The molecule has 0 aliphatic carbocycles. The van der Waals surface area contributed by atoms with Crippen LogP contribution in [0.2, 0.25) is 0 Å². The van der Waals surface area contributed by atoms with E-state index in [0.29, 0.717) is 0 Å². The summed E-state index contributed by atoms with van der Waals surface area (Å²) in [5.41, 5.74) is 3.51. The number of rotatable bonds is 6. The van der Waals surface area contributed by atoms with E-state index in [2.05, 4.69) is 50.1 Å². The molecule has 158 valence electrons. The van der Waals surface area contributed by atoms with Crippen LogP contribution >= 0.6 is 0 Å². The number of anilines is 2. The first-order chi connectivity index (χ1) is 15.2. The summed E-state index contributed by atoms with van der Waals surface area (Å²) in [6.07, 6.45) is 9.86. The number of ether oxygens (including phenoxy) is 1. The number of benzene rings is 1. The third-order valence-electron chi connectivity index (χ3n) is 5.93. The molecule has 31 heavy (non-hydrogen) atoms. The summed E-state index contributed by atoms with van der Waals surface area (Å²) in [5.74, 6) is 2.37. The van der Waals surface area contributed by atoms with Crippen molar-refractivity contribution in [2.45, 2.75) is 25.4 Å². The number of hydrogen-bond donors (Lipinski definition) is 1. The summed E-state index contributed by atoms with van der Waals surface area (Å²) in [5, 5.41) is 4.52. The van der Waals surface area contributed by atoms with Gasteiger partial charge >= 0.3 is 0 Å². The first-order valence-corrected chi connectivity index (χ1v) is 10.6. The molecule has 0 spiro atoms. The summed E-state index contributed by atoms with van der Waals surface area (Å²) in [4.78, 5) is 16.1. The van der Waals surface area contributed by atoms with Crippen molar-refractivity contribution >= 4 is 22.5 Å². The number of methoxy groups -OCH3 is 1. The van der Waals surface area contributed by atoms with Gasteiger partial charge in [-0.3, -0.25) is 9.88 Å². The Bertz CT molecular complexity index is 1190. The van der Waals surface area contributed by atoms with Gasteiger partial charge in [-0.1, -0.05) is 6.07 Å². The van der Waals surface area contributed by atoms with Crippen LogP contribution in [0.25, 0.3) is 10.9 Å². The molecule has 1 aliphatic rings. The second kappa shape index (κ2) is 8.35. The number of aromatic nitrogens is 4. The van der Waals surface area contributed by atoms with Crippen LogP contribution in [-0.2, 0) is 13.6 Å². The molecule has 3 aromatic heterocycles. The van der Waals surface area contributed by atoms with Crippen molar-refractivity contribution in [1.82, 2.24) is 24.4 Å². The average molecular weight is 415 g/mol. The van der Waals surface area contributed by atoms with Crippen LogP contribution in [0.4, 0.5) is 11.6 Å². The number of nitrogens with zero attached hydrogens (tertiary/aromatic N) is 5. The van der Waals surface area contributed by atoms with E-state index in [1.165, 1.54) is 16.5 Å². The lowest BCUT2D eigenvalue weighted by atomic mass is 10.1. The van der Waals surface area contributed by atoms with Crippen LogP contribution in [0.5, 0.6) is 5.75 Å². The summed E-state index contributed by atoms with van der Waals surface area (Å²) >= 11 is 0. The first kappa shape index (κ1) is 19.5. The van der Waals surface area contributed by atoms with Gasteiger partial charge in [0.05, 0.1) is 36.8 Å². The van der Waals surface area contributed by atoms with Gasteiger partial charge in [0.2, 0.25) is 0 Å². The summed E-state index contributed by atoms with van der Waals surface area (Å²) in [6.45, 7) is 1.94. The highest BCUT2D eigenvalue weighted by molar-refractivity contribution is 5.85. The van der Waals surface area contributed by atoms with Crippen molar-refractivity contribution in [2.24, 2.45) is 7.05 Å². The van der Waals surface area contributed by atoms with Crippen molar-refractivity contribution in [3.8, 4) is 5.75 Å². The van der Waals surface area contributed by atoms with Gasteiger partial charge < -0.3 is 14.6 Å². The molecule has 0 bridgehead atoms. The molecule has 7 nitrogen and oxygen atoms in total. The highest BCUT2D eigenvalue weighted by atomic mass is 16.5. The fourth-order valence-corrected chi connectivity index (χ4v) is 4.44. The zero-order valence-electron chi connectivity index (χ0n) is 17.8. The number of pyridine rings is 1. The molecular weight excluding hydrogens is 388 g/mol. The molecule has 0 unspecified atom stereocenters. The van der Waals surface area contributed by atoms with Crippen LogP contribution in [0, 0.1) is 0 Å². The van der Waals surface area contributed by atoms with E-state index >= 15 is 0 Å². The summed E-state index contributed by atoms with van der Waals surface area (Å²) in [7, 11) is 3.79. The molecule has 1 atom stereocenters. The van der Waals surface area contributed by atoms with Gasteiger partial charge in [-0.05, 0) is 49.2 Å². The van der Waals surface area contributed by atoms with Gasteiger partial charge in [-0.25, -0.2) is 9.97 Å². The monoisotopic (exact) mass is 414 g/mol. The third-order valence-corrected chi connectivity index (χ3v) is 5.93. The van der Waals surface area contributed by atoms with Crippen molar-refractivity contribution in [3.63, 3.8) is 0 Å². The minimum absolute atomic E-state index is 0.256. The van der Waals surface area contributed by atoms with Gasteiger partial charge in [-0.2, -0.15) is 0 Å². The van der Waals surface area contributed by atoms with Crippen molar-refractivity contribution < 1.29 is 4.74 Å². The molecule has 5 rings (SSSR count). The Labute approximate surface area is 181 Å². The van der Waals surface area contributed by atoms with Gasteiger partial charge in [0.15, 0.2) is 0 Å². The maximum absolute atomic E-state index is 5.40. The first-order valence-electron chi connectivity index (χ1n) is 10.6. The summed E-state index contributed by atoms with van der Waals surface area (Å²) in [6, 6.07) is 12.3. The fraction of sp³-hybridized carbons (Fsp3) is 0.292. The maximum Gasteiger partial charge on any atom is 0.150 e. The molecular formula is C24H26N6O. The summed E-state index contributed by atoms with van der Waals surface area (Å²) < 4.78 is 7.58. The Hall–Kier alpha value is -3.45. The smallest absolute Gasteiger partial charge is 0.150 e. The molecule has 4 heterocycles. The van der Waals surface area contributed by atoms with Crippen molar-refractivity contribution in [1.29, 1.82) is 0 Å². The second-order valence-corrected chi connectivity index (χ2v) is 7.95. The molecule has 1 fully saturated rings. The highest BCUT2D eigenvalue weighted by Crippen LogP contribution is 2.34. The fourth-order valence-electron chi connectivity index (χ4n) is 4.44. The number of likely N-dealkylation sites (tertiary alicyclic amines) is 1. The molecule has 0 amide bonds. The lowest BCUT2D eigenvalue weighted by molar-refractivity contribution is 0.245. The van der Waals surface area contributed by atoms with E-state index in [9.17, 15) is 0 Å². The largest absolute Gasteiger partial charge is 0.497 e. The van der Waals surface area contributed by atoms with Crippen molar-refractivity contribution in [3.05, 3.63) is 72.4 Å². The minimum atomic E-state index is 0.256. The van der Waals surface area contributed by atoms with E-state index in [4.69, 9.17) is 9.72 Å². The van der Waals surface area contributed by atoms with Crippen LogP contribution < -0.4 is 10.1 Å². The van der Waals surface area contributed by atoms with Crippen LogP contribution in [0.1, 0.15) is 30.1 Å². The Balaban J connectivity index is 1.38. The molecule has 0 radical (unpaired) electrons. The molecule has 1 N–H and O–H groups in total. The van der Waals surface area contributed by atoms with Crippen molar-refractivity contribution in [2.75, 3.05) is 19.0 Å². The van der Waals surface area contributed by atoms with Crippen LogP contribution in [-0.4, -0.2) is 38.1 Å². The zero-order valence-corrected chi connectivity index (χ0v) is 17.8. The molecule has 1 aliphatic heterocycles. The van der Waals surface area contributed by atoms with Gasteiger partial charge in [0.1, 0.15) is 17.4 Å². The minimum Gasteiger partial charge on any atom is -0.497 e. The maximum atomic E-state index is 5.40. The number of nitrogens with one attached hydrogen (secondary N) is 1. The van der Waals surface area contributed by atoms with E-state index in [-0.39, 0.29) is 6.04 Å². The molecule has 0 saturated carbocycles. The highest BCUT2D eigenvalue weighted by Gasteiger charge is 2.28. The lowest BCUT2D eigenvalue weighted by Crippen LogP contribution is -2.23. The average Bonchev–Trinajstić information content (AvgIpc) is 3.39. The molecule has 1 saturated heterocycles. The van der Waals surface area contributed by atoms with Gasteiger partial charge in [-0.15, -0.1) is 0 Å². The lowest BCUT2D eigenvalue weighted by Gasteiger charge is -2.24. The Kier molecular flexibility index (Phi) is 5.26. The quantitative estimate of drug-likeness (QED) is 0.503. The van der Waals surface area contributed by atoms with E-state index in [1.807, 2.05) is 30.5 Å². The molecule has 1 aromatic carbocycles. The predicted octanol–water partition coefficient (Wildman–Crippen LogP) is 4.45. The van der Waals surface area contributed by atoms with E-state index in [0.717, 1.165) is 49.0 Å². The molecule has 7 heteroatoms. The number of hydrogen-bond acceptors (Lipinski definition) is 6. The van der Waals surface area contributed by atoms with Crippen LogP contribution in [0.15, 0.2) is 61.2 Å². The Morgan fingerprint density at radius 3 is 2.94 bits per heavy atom. The standard InChI is InChI=1S/C24H26N6O/c1-29-15-17(19-9-8-18(31-2)12-22(19)29)16-30-11-5-6-21(30)20-13-25-14-24(27-20)28-23-7-3-4-10-26-23/h3-4,7-10,12-15,21H,5-6,11,16H2,1-2H3,(H,26,27,28)/t21-/m0/s1. The second-order valence-electron chi connectivity index (χ2n) is 7.95. The third kappa shape index (κ3) is 3.96. The number of fused-ring (bicyclic) bond motifs is 1. The molecule has 4 aromatic rings. The normalized spacial score (nSPS) is 16.6. The topological polar surface area (TPSA) is 68.1 Å². The predicted molar refractivity (Wildman–Crippen MR) is 121 cm³/mol. The zero-order chi connectivity index (χ0) is 21.2. The number of aryl methyl sites for hydroxylation is 1. The van der Waals surface area contributed by atoms with Gasteiger partial charge in [0.25, 0.3) is 0 Å². The Morgan fingerprint density at radius 1 is 1.16 bits per heavy atom.